The monoisotopic (exact) mass is 174 g/mol. The molecule has 12 heavy (non-hydrogen) atoms. The number of hydrogen-bond donors (Lipinski definition) is 1. The van der Waals surface area contributed by atoms with Gasteiger partial charge in [-0.2, -0.15) is 0 Å². The van der Waals surface area contributed by atoms with Gasteiger partial charge in [0.25, 0.3) is 0 Å². The van der Waals surface area contributed by atoms with Crippen molar-refractivity contribution in [1.29, 1.82) is 0 Å². The van der Waals surface area contributed by atoms with E-state index in [1.807, 2.05) is 27.7 Å². The van der Waals surface area contributed by atoms with Gasteiger partial charge in [-0.1, -0.05) is 13.8 Å². The SMILES string of the molecule is CC(C)C(O)C1O[C@@H](C)[C@H](C)O1. The largest absolute Gasteiger partial charge is 0.388 e. The van der Waals surface area contributed by atoms with Crippen LogP contribution >= 0.6 is 0 Å². The van der Waals surface area contributed by atoms with E-state index in [4.69, 9.17) is 9.47 Å². The van der Waals surface area contributed by atoms with Crippen LogP contribution in [-0.4, -0.2) is 29.7 Å². The third-order valence-corrected chi connectivity index (χ3v) is 2.32. The van der Waals surface area contributed by atoms with E-state index in [0.717, 1.165) is 0 Å². The highest BCUT2D eigenvalue weighted by Crippen LogP contribution is 2.23. The van der Waals surface area contributed by atoms with Crippen LogP contribution in [0.5, 0.6) is 0 Å². The van der Waals surface area contributed by atoms with Gasteiger partial charge in [0.2, 0.25) is 0 Å². The number of rotatable bonds is 2. The summed E-state index contributed by atoms with van der Waals surface area (Å²) in [5, 5.41) is 9.61. The lowest BCUT2D eigenvalue weighted by Crippen LogP contribution is -2.32. The van der Waals surface area contributed by atoms with Crippen molar-refractivity contribution in [3.8, 4) is 0 Å². The molecule has 1 N–H and O–H groups in total. The van der Waals surface area contributed by atoms with Crippen LogP contribution in [0.4, 0.5) is 0 Å². The molecule has 3 heteroatoms. The molecular weight excluding hydrogens is 156 g/mol. The van der Waals surface area contributed by atoms with Gasteiger partial charge in [0.15, 0.2) is 6.29 Å². The van der Waals surface area contributed by atoms with Crippen LogP contribution in [0.2, 0.25) is 0 Å². The van der Waals surface area contributed by atoms with Gasteiger partial charge in [-0.3, -0.25) is 0 Å². The molecule has 0 saturated carbocycles. The Bertz CT molecular complexity index is 137. The van der Waals surface area contributed by atoms with E-state index in [1.54, 1.807) is 0 Å². The quantitative estimate of drug-likeness (QED) is 0.682. The summed E-state index contributed by atoms with van der Waals surface area (Å²) < 4.78 is 10.8. The zero-order valence-corrected chi connectivity index (χ0v) is 8.15. The van der Waals surface area contributed by atoms with Crippen LogP contribution in [0, 0.1) is 5.92 Å². The van der Waals surface area contributed by atoms with Crippen molar-refractivity contribution in [3.63, 3.8) is 0 Å². The zero-order valence-electron chi connectivity index (χ0n) is 8.15. The number of aliphatic hydroxyl groups excluding tert-OH is 1. The van der Waals surface area contributed by atoms with Crippen LogP contribution in [0.1, 0.15) is 27.7 Å². The molecule has 0 amide bonds. The highest BCUT2D eigenvalue weighted by atomic mass is 16.7. The average Bonchev–Trinajstić information content (AvgIpc) is 2.30. The smallest absolute Gasteiger partial charge is 0.184 e. The average molecular weight is 174 g/mol. The molecule has 1 rings (SSSR count). The molecule has 3 nitrogen and oxygen atoms in total. The Morgan fingerprint density at radius 2 is 1.50 bits per heavy atom. The highest BCUT2D eigenvalue weighted by Gasteiger charge is 2.35. The summed E-state index contributed by atoms with van der Waals surface area (Å²) in [4.78, 5) is 0. The van der Waals surface area contributed by atoms with Gasteiger partial charge in [0, 0.05) is 0 Å². The summed E-state index contributed by atoms with van der Waals surface area (Å²) in [7, 11) is 0. The fraction of sp³-hybridized carbons (Fsp3) is 1.00. The third-order valence-electron chi connectivity index (χ3n) is 2.32. The van der Waals surface area contributed by atoms with Crippen LogP contribution in [0.25, 0.3) is 0 Å². The molecule has 0 bridgehead atoms. The Labute approximate surface area is 73.7 Å². The predicted octanol–water partition coefficient (Wildman–Crippen LogP) is 1.15. The van der Waals surface area contributed by atoms with Crippen molar-refractivity contribution >= 4 is 0 Å². The molecule has 0 aromatic rings. The van der Waals surface area contributed by atoms with Crippen molar-refractivity contribution in [3.05, 3.63) is 0 Å². The lowest BCUT2D eigenvalue weighted by molar-refractivity contribution is -0.147. The molecule has 1 saturated heterocycles. The number of aliphatic hydroxyl groups is 1. The fourth-order valence-corrected chi connectivity index (χ4v) is 1.15. The van der Waals surface area contributed by atoms with E-state index in [0.29, 0.717) is 0 Å². The molecule has 1 unspecified atom stereocenters. The Kier molecular flexibility index (Phi) is 3.09. The van der Waals surface area contributed by atoms with E-state index in [9.17, 15) is 5.11 Å². The minimum atomic E-state index is -0.516. The molecule has 1 aliphatic heterocycles. The molecule has 1 heterocycles. The zero-order chi connectivity index (χ0) is 9.30. The van der Waals surface area contributed by atoms with Gasteiger partial charge in [0.1, 0.15) is 6.10 Å². The molecule has 0 aliphatic carbocycles. The second-order valence-corrected chi connectivity index (χ2v) is 3.79. The molecule has 3 atom stereocenters. The molecule has 72 valence electrons. The van der Waals surface area contributed by atoms with Crippen LogP contribution in [-0.2, 0) is 9.47 Å². The summed E-state index contributed by atoms with van der Waals surface area (Å²) in [6.07, 6.45) is -0.779. The van der Waals surface area contributed by atoms with Crippen molar-refractivity contribution in [2.24, 2.45) is 5.92 Å². The van der Waals surface area contributed by atoms with E-state index in [-0.39, 0.29) is 18.1 Å². The van der Waals surface area contributed by atoms with Gasteiger partial charge in [-0.15, -0.1) is 0 Å². The van der Waals surface area contributed by atoms with Crippen molar-refractivity contribution in [2.75, 3.05) is 0 Å². The van der Waals surface area contributed by atoms with Crippen molar-refractivity contribution < 1.29 is 14.6 Å². The Balaban J connectivity index is 2.45. The minimum absolute atomic E-state index is 0.0865. The summed E-state index contributed by atoms with van der Waals surface area (Å²) in [5.74, 6) is 0.174. The first-order valence-corrected chi connectivity index (χ1v) is 4.51. The molecule has 1 aliphatic rings. The molecule has 0 spiro atoms. The summed E-state index contributed by atoms with van der Waals surface area (Å²) in [6, 6.07) is 0. The van der Waals surface area contributed by atoms with Gasteiger partial charge in [-0.05, 0) is 19.8 Å². The fourth-order valence-electron chi connectivity index (χ4n) is 1.15. The van der Waals surface area contributed by atoms with E-state index < -0.39 is 12.4 Å². The second kappa shape index (κ2) is 3.73. The van der Waals surface area contributed by atoms with Crippen LogP contribution in [0.3, 0.4) is 0 Å². The number of ether oxygens (including phenoxy) is 2. The summed E-state index contributed by atoms with van der Waals surface area (Å²) >= 11 is 0. The Morgan fingerprint density at radius 1 is 1.08 bits per heavy atom. The maximum absolute atomic E-state index is 9.61. The third kappa shape index (κ3) is 1.97. The Hall–Kier alpha value is -0.120. The second-order valence-electron chi connectivity index (χ2n) is 3.79. The molecule has 0 radical (unpaired) electrons. The molecule has 0 aromatic carbocycles. The first kappa shape index (κ1) is 9.96. The van der Waals surface area contributed by atoms with Gasteiger partial charge in [-0.25, -0.2) is 0 Å². The topological polar surface area (TPSA) is 38.7 Å². The Morgan fingerprint density at radius 3 is 1.83 bits per heavy atom. The van der Waals surface area contributed by atoms with E-state index in [2.05, 4.69) is 0 Å². The van der Waals surface area contributed by atoms with Crippen molar-refractivity contribution in [2.45, 2.75) is 52.3 Å². The lowest BCUT2D eigenvalue weighted by Gasteiger charge is -2.20. The predicted molar refractivity (Wildman–Crippen MR) is 45.7 cm³/mol. The first-order chi connectivity index (χ1) is 5.52. The van der Waals surface area contributed by atoms with E-state index >= 15 is 0 Å². The highest BCUT2D eigenvalue weighted by molar-refractivity contribution is 4.75. The first-order valence-electron chi connectivity index (χ1n) is 4.51. The minimum Gasteiger partial charge on any atom is -0.388 e. The summed E-state index contributed by atoms with van der Waals surface area (Å²) in [5.41, 5.74) is 0. The maximum Gasteiger partial charge on any atom is 0.184 e. The van der Waals surface area contributed by atoms with E-state index in [1.165, 1.54) is 0 Å². The van der Waals surface area contributed by atoms with Gasteiger partial charge in [0.05, 0.1) is 12.2 Å². The van der Waals surface area contributed by atoms with Crippen LogP contribution < -0.4 is 0 Å². The molecule has 1 fully saturated rings. The van der Waals surface area contributed by atoms with Crippen molar-refractivity contribution in [1.82, 2.24) is 0 Å². The van der Waals surface area contributed by atoms with Gasteiger partial charge < -0.3 is 14.6 Å². The lowest BCUT2D eigenvalue weighted by atomic mass is 10.1. The molecule has 0 aromatic heterocycles. The van der Waals surface area contributed by atoms with Gasteiger partial charge >= 0.3 is 0 Å². The standard InChI is InChI=1S/C9H18O3/c1-5(2)8(10)9-11-6(3)7(4)12-9/h5-10H,1-4H3/t6-,7-,8?/m0/s1. The number of hydrogen-bond acceptors (Lipinski definition) is 3. The maximum atomic E-state index is 9.61. The summed E-state index contributed by atoms with van der Waals surface area (Å²) in [6.45, 7) is 7.81. The van der Waals surface area contributed by atoms with Crippen LogP contribution in [0.15, 0.2) is 0 Å². The normalized spacial score (nSPS) is 34.5. The molecular formula is C9H18O3.